The topological polar surface area (TPSA) is 66.8 Å². The van der Waals surface area contributed by atoms with Gasteiger partial charge in [-0.3, -0.25) is 4.79 Å². The molecule has 0 saturated carbocycles. The molecule has 6 heteroatoms. The molecule has 0 rings (SSSR count). The molecular weight excluding hydrogens is 236 g/mol. The summed E-state index contributed by atoms with van der Waals surface area (Å²) in [6, 6.07) is 0. The fourth-order valence-electron chi connectivity index (χ4n) is 0.998. The third-order valence-electron chi connectivity index (χ3n) is 1.79. The number of esters is 1. The summed E-state index contributed by atoms with van der Waals surface area (Å²) in [6.07, 6.45) is 1.25. The van der Waals surface area contributed by atoms with E-state index in [1.807, 2.05) is 0 Å². The summed E-state index contributed by atoms with van der Waals surface area (Å²) in [5.41, 5.74) is 0. The minimum Gasteiger partial charge on any atom is -0.460 e. The number of carbonyl (C=O) groups excluding carboxylic acids is 1. The van der Waals surface area contributed by atoms with E-state index in [0.717, 1.165) is 0 Å². The second kappa shape index (κ2) is 9.33. The largest absolute Gasteiger partial charge is 0.460 e. The van der Waals surface area contributed by atoms with Crippen molar-refractivity contribution >= 4 is 31.2 Å². The SMILES string of the molecule is O=C(CCC(S)S)OC(CO)CCCO. The lowest BCUT2D eigenvalue weighted by atomic mass is 10.2. The minimum absolute atomic E-state index is 0.0312. The van der Waals surface area contributed by atoms with E-state index in [1.165, 1.54) is 0 Å². The average Bonchev–Trinajstić information content (AvgIpc) is 2.21. The van der Waals surface area contributed by atoms with Crippen molar-refractivity contribution in [3.8, 4) is 0 Å². The maximum absolute atomic E-state index is 11.2. The van der Waals surface area contributed by atoms with Crippen LogP contribution in [0.3, 0.4) is 0 Å². The highest BCUT2D eigenvalue weighted by molar-refractivity contribution is 7.99. The van der Waals surface area contributed by atoms with E-state index in [1.54, 1.807) is 0 Å². The van der Waals surface area contributed by atoms with Gasteiger partial charge in [-0.1, -0.05) is 0 Å². The standard InChI is InChI=1S/C9H18O4S2/c10-5-1-2-7(6-11)13-8(12)3-4-9(14)15/h7,9-11,14-15H,1-6H2. The van der Waals surface area contributed by atoms with Crippen molar-refractivity contribution in [3.05, 3.63) is 0 Å². The van der Waals surface area contributed by atoms with E-state index in [0.29, 0.717) is 19.3 Å². The number of carbonyl (C=O) groups is 1. The Morgan fingerprint density at radius 3 is 2.40 bits per heavy atom. The highest BCUT2D eigenvalue weighted by Crippen LogP contribution is 2.10. The molecule has 4 nitrogen and oxygen atoms in total. The van der Waals surface area contributed by atoms with Gasteiger partial charge in [-0.25, -0.2) is 0 Å². The first-order chi connectivity index (χ1) is 7.10. The van der Waals surface area contributed by atoms with Crippen molar-refractivity contribution in [1.29, 1.82) is 0 Å². The lowest BCUT2D eigenvalue weighted by molar-refractivity contribution is -0.151. The first-order valence-corrected chi connectivity index (χ1v) is 5.90. The third kappa shape index (κ3) is 9.04. The monoisotopic (exact) mass is 254 g/mol. The quantitative estimate of drug-likeness (QED) is 0.291. The van der Waals surface area contributed by atoms with E-state index in [2.05, 4.69) is 25.3 Å². The van der Waals surface area contributed by atoms with Crippen molar-refractivity contribution in [3.63, 3.8) is 0 Å². The molecule has 0 spiro atoms. The van der Waals surface area contributed by atoms with Crippen molar-refractivity contribution < 1.29 is 19.7 Å². The van der Waals surface area contributed by atoms with E-state index in [-0.39, 0.29) is 30.2 Å². The Hall–Kier alpha value is 0.0900. The molecule has 0 aliphatic rings. The van der Waals surface area contributed by atoms with Crippen LogP contribution in [0.15, 0.2) is 0 Å². The second-order valence-corrected chi connectivity index (χ2v) is 4.83. The third-order valence-corrected chi connectivity index (χ3v) is 2.31. The molecular formula is C9H18O4S2. The van der Waals surface area contributed by atoms with Crippen LogP contribution in [0.2, 0.25) is 0 Å². The van der Waals surface area contributed by atoms with Gasteiger partial charge in [-0.05, 0) is 19.3 Å². The van der Waals surface area contributed by atoms with Crippen LogP contribution in [0, 0.1) is 0 Å². The molecule has 2 N–H and O–H groups in total. The summed E-state index contributed by atoms with van der Waals surface area (Å²) in [6.45, 7) is -0.180. The zero-order valence-electron chi connectivity index (χ0n) is 8.50. The van der Waals surface area contributed by atoms with Crippen LogP contribution in [0.25, 0.3) is 0 Å². The molecule has 0 saturated heterocycles. The van der Waals surface area contributed by atoms with Gasteiger partial charge in [-0.15, -0.1) is 0 Å². The van der Waals surface area contributed by atoms with Crippen molar-refractivity contribution in [2.75, 3.05) is 13.2 Å². The average molecular weight is 254 g/mol. The van der Waals surface area contributed by atoms with Gasteiger partial charge in [-0.2, -0.15) is 25.3 Å². The summed E-state index contributed by atoms with van der Waals surface area (Å²) in [7, 11) is 0. The van der Waals surface area contributed by atoms with Gasteiger partial charge >= 0.3 is 5.97 Å². The van der Waals surface area contributed by atoms with Crippen LogP contribution in [0.5, 0.6) is 0 Å². The molecule has 0 bridgehead atoms. The van der Waals surface area contributed by atoms with Crippen LogP contribution in [0.1, 0.15) is 25.7 Å². The van der Waals surface area contributed by atoms with Crippen molar-refractivity contribution in [2.24, 2.45) is 0 Å². The molecule has 1 atom stereocenters. The highest BCUT2D eigenvalue weighted by atomic mass is 32.2. The molecule has 0 aromatic carbocycles. The van der Waals surface area contributed by atoms with E-state index >= 15 is 0 Å². The number of aliphatic hydroxyl groups excluding tert-OH is 2. The Labute approximate surface area is 101 Å². The number of hydrogen-bond acceptors (Lipinski definition) is 6. The summed E-state index contributed by atoms with van der Waals surface area (Å²) >= 11 is 8.03. The molecule has 0 aromatic rings. The molecule has 15 heavy (non-hydrogen) atoms. The van der Waals surface area contributed by atoms with Crippen LogP contribution < -0.4 is 0 Å². The summed E-state index contributed by atoms with van der Waals surface area (Å²) < 4.78 is 4.85. The maximum Gasteiger partial charge on any atom is 0.306 e. The summed E-state index contributed by atoms with van der Waals surface area (Å²) in [5, 5.41) is 17.5. The Bertz CT molecular complexity index is 175. The number of ether oxygens (including phenoxy) is 1. The van der Waals surface area contributed by atoms with Crippen LogP contribution in [-0.2, 0) is 9.53 Å². The molecule has 0 amide bonds. The molecule has 0 aromatic heterocycles. The molecule has 0 fully saturated rings. The van der Waals surface area contributed by atoms with Gasteiger partial charge in [0.1, 0.15) is 6.10 Å². The molecule has 0 radical (unpaired) electrons. The Kier molecular flexibility index (Phi) is 9.38. The van der Waals surface area contributed by atoms with Gasteiger partial charge in [0.2, 0.25) is 0 Å². The van der Waals surface area contributed by atoms with Gasteiger partial charge in [0, 0.05) is 17.6 Å². The zero-order valence-corrected chi connectivity index (χ0v) is 10.3. The zero-order chi connectivity index (χ0) is 11.7. The van der Waals surface area contributed by atoms with E-state index in [9.17, 15) is 4.79 Å². The summed E-state index contributed by atoms with van der Waals surface area (Å²) in [5.74, 6) is -0.361. The fourth-order valence-corrected chi connectivity index (χ4v) is 1.26. The molecule has 0 heterocycles. The smallest absolute Gasteiger partial charge is 0.306 e. The maximum atomic E-state index is 11.2. The van der Waals surface area contributed by atoms with Crippen LogP contribution in [-0.4, -0.2) is 40.1 Å². The first-order valence-electron chi connectivity index (χ1n) is 4.87. The predicted molar refractivity (Wildman–Crippen MR) is 64.3 cm³/mol. The van der Waals surface area contributed by atoms with Gasteiger partial charge < -0.3 is 14.9 Å². The number of thiol groups is 2. The van der Waals surface area contributed by atoms with Crippen molar-refractivity contribution in [2.45, 2.75) is 36.4 Å². The van der Waals surface area contributed by atoms with Gasteiger partial charge in [0.15, 0.2) is 0 Å². The highest BCUT2D eigenvalue weighted by Gasteiger charge is 2.13. The van der Waals surface area contributed by atoms with Gasteiger partial charge in [0.05, 0.1) is 6.61 Å². The molecule has 0 aliphatic heterocycles. The minimum atomic E-state index is -0.511. The lowest BCUT2D eigenvalue weighted by Gasteiger charge is -2.15. The Morgan fingerprint density at radius 2 is 1.93 bits per heavy atom. The first kappa shape index (κ1) is 15.1. The predicted octanol–water partition coefficient (Wildman–Crippen LogP) is 0.629. The molecule has 90 valence electrons. The molecule has 0 aliphatic carbocycles. The Balaban J connectivity index is 3.70. The Morgan fingerprint density at radius 1 is 1.27 bits per heavy atom. The van der Waals surface area contributed by atoms with E-state index < -0.39 is 6.10 Å². The lowest BCUT2D eigenvalue weighted by Crippen LogP contribution is -2.22. The summed E-state index contributed by atoms with van der Waals surface area (Å²) in [4.78, 5) is 11.2. The van der Waals surface area contributed by atoms with Crippen LogP contribution >= 0.6 is 25.3 Å². The van der Waals surface area contributed by atoms with Crippen molar-refractivity contribution in [1.82, 2.24) is 0 Å². The number of hydrogen-bond donors (Lipinski definition) is 4. The fraction of sp³-hybridized carbons (Fsp3) is 0.889. The van der Waals surface area contributed by atoms with E-state index in [4.69, 9.17) is 14.9 Å². The van der Waals surface area contributed by atoms with Gasteiger partial charge in [0.25, 0.3) is 0 Å². The normalized spacial score (nSPS) is 12.9. The van der Waals surface area contributed by atoms with Crippen LogP contribution in [0.4, 0.5) is 0 Å². The molecule has 1 unspecified atom stereocenters. The second-order valence-electron chi connectivity index (χ2n) is 3.18. The number of aliphatic hydroxyl groups is 2. The number of rotatable bonds is 8.